The summed E-state index contributed by atoms with van der Waals surface area (Å²) >= 11 is 0. The minimum Gasteiger partial charge on any atom is -0.370 e. The fourth-order valence-corrected chi connectivity index (χ4v) is 1.47. The van der Waals surface area contributed by atoms with Crippen LogP contribution in [0.4, 0.5) is 0 Å². The van der Waals surface area contributed by atoms with Crippen molar-refractivity contribution in [3.05, 3.63) is 0 Å². The second kappa shape index (κ2) is 5.78. The lowest BCUT2D eigenvalue weighted by molar-refractivity contribution is -0.130. The molecule has 0 aliphatic carbocycles. The summed E-state index contributed by atoms with van der Waals surface area (Å²) in [5, 5.41) is 1.81. The molecule has 1 rings (SSSR count). The Morgan fingerprint density at radius 3 is 2.38 bits per heavy atom. The van der Waals surface area contributed by atoms with Gasteiger partial charge in [-0.25, -0.2) is 5.01 Å². The SMILES string of the molecule is CN1CCN(NC(=O)C(N)CC(N)=O)CC1. The monoisotopic (exact) mass is 229 g/mol. The number of hydrogen-bond donors (Lipinski definition) is 3. The predicted molar refractivity (Wildman–Crippen MR) is 59.0 cm³/mol. The maximum absolute atomic E-state index is 11.5. The molecular weight excluding hydrogens is 210 g/mol. The van der Waals surface area contributed by atoms with Crippen LogP contribution in [0.15, 0.2) is 0 Å². The van der Waals surface area contributed by atoms with Gasteiger partial charge in [-0.2, -0.15) is 0 Å². The molecule has 92 valence electrons. The van der Waals surface area contributed by atoms with Gasteiger partial charge < -0.3 is 16.4 Å². The summed E-state index contributed by atoms with van der Waals surface area (Å²) in [6, 6.07) is -0.864. The molecule has 0 aromatic rings. The molecule has 0 aromatic heterocycles. The first-order valence-electron chi connectivity index (χ1n) is 5.27. The second-order valence-corrected chi connectivity index (χ2v) is 4.04. The number of amides is 2. The van der Waals surface area contributed by atoms with Crippen molar-refractivity contribution in [2.75, 3.05) is 33.2 Å². The fraction of sp³-hybridized carbons (Fsp3) is 0.778. The predicted octanol–water partition coefficient (Wildman–Crippen LogP) is -2.53. The van der Waals surface area contributed by atoms with E-state index >= 15 is 0 Å². The van der Waals surface area contributed by atoms with Crippen molar-refractivity contribution in [3.63, 3.8) is 0 Å². The van der Waals surface area contributed by atoms with Crippen molar-refractivity contribution in [1.82, 2.24) is 15.3 Å². The van der Waals surface area contributed by atoms with E-state index in [2.05, 4.69) is 10.3 Å². The van der Waals surface area contributed by atoms with Gasteiger partial charge in [0.15, 0.2) is 0 Å². The molecule has 1 saturated heterocycles. The number of nitrogens with zero attached hydrogens (tertiary/aromatic N) is 2. The minimum absolute atomic E-state index is 0.125. The molecule has 1 unspecified atom stereocenters. The Kier molecular flexibility index (Phi) is 4.66. The Hall–Kier alpha value is -1.18. The maximum atomic E-state index is 11.5. The molecule has 0 aromatic carbocycles. The van der Waals surface area contributed by atoms with Crippen molar-refractivity contribution in [2.45, 2.75) is 12.5 Å². The molecule has 16 heavy (non-hydrogen) atoms. The minimum atomic E-state index is -0.864. The van der Waals surface area contributed by atoms with Crippen LogP contribution < -0.4 is 16.9 Å². The van der Waals surface area contributed by atoms with Gasteiger partial charge in [0.2, 0.25) is 5.91 Å². The van der Waals surface area contributed by atoms with E-state index in [-0.39, 0.29) is 12.3 Å². The molecule has 0 radical (unpaired) electrons. The summed E-state index contributed by atoms with van der Waals surface area (Å²) in [5.74, 6) is -0.926. The zero-order valence-electron chi connectivity index (χ0n) is 9.48. The van der Waals surface area contributed by atoms with Crippen molar-refractivity contribution in [1.29, 1.82) is 0 Å². The average Bonchev–Trinajstić information content (AvgIpc) is 2.20. The molecule has 7 heteroatoms. The van der Waals surface area contributed by atoms with E-state index in [9.17, 15) is 9.59 Å². The summed E-state index contributed by atoms with van der Waals surface area (Å²) in [7, 11) is 2.03. The van der Waals surface area contributed by atoms with Crippen LogP contribution >= 0.6 is 0 Å². The van der Waals surface area contributed by atoms with Crippen LogP contribution in [0.25, 0.3) is 0 Å². The van der Waals surface area contributed by atoms with Gasteiger partial charge in [0, 0.05) is 26.2 Å². The molecule has 1 fully saturated rings. The quantitative estimate of drug-likeness (QED) is 0.493. The molecule has 0 spiro atoms. The second-order valence-electron chi connectivity index (χ2n) is 4.04. The number of rotatable bonds is 4. The van der Waals surface area contributed by atoms with Crippen molar-refractivity contribution < 1.29 is 9.59 Å². The van der Waals surface area contributed by atoms with E-state index in [1.54, 1.807) is 0 Å². The Balaban J connectivity index is 2.31. The van der Waals surface area contributed by atoms with Gasteiger partial charge >= 0.3 is 0 Å². The highest BCUT2D eigenvalue weighted by atomic mass is 16.2. The van der Waals surface area contributed by atoms with Gasteiger partial charge in [0.1, 0.15) is 0 Å². The number of piperazine rings is 1. The standard InChI is InChI=1S/C9H19N5O2/c1-13-2-4-14(5-3-13)12-9(16)7(10)6-8(11)15/h7H,2-6,10H2,1H3,(H2,11,15)(H,12,16). The van der Waals surface area contributed by atoms with Crippen LogP contribution in [0.3, 0.4) is 0 Å². The van der Waals surface area contributed by atoms with E-state index in [1.165, 1.54) is 0 Å². The average molecular weight is 229 g/mol. The van der Waals surface area contributed by atoms with E-state index in [4.69, 9.17) is 11.5 Å². The maximum Gasteiger partial charge on any atom is 0.251 e. The number of nitrogens with one attached hydrogen (secondary N) is 1. The molecule has 1 atom stereocenters. The highest BCUT2D eigenvalue weighted by Crippen LogP contribution is 1.96. The zero-order valence-corrected chi connectivity index (χ0v) is 9.48. The number of hydrogen-bond acceptors (Lipinski definition) is 5. The van der Waals surface area contributed by atoms with Gasteiger partial charge in [0.25, 0.3) is 5.91 Å². The summed E-state index contributed by atoms with van der Waals surface area (Å²) < 4.78 is 0. The Morgan fingerprint density at radius 2 is 1.88 bits per heavy atom. The fourth-order valence-electron chi connectivity index (χ4n) is 1.47. The highest BCUT2D eigenvalue weighted by molar-refractivity contribution is 5.87. The lowest BCUT2D eigenvalue weighted by Crippen LogP contribution is -2.56. The van der Waals surface area contributed by atoms with Crippen molar-refractivity contribution >= 4 is 11.8 Å². The molecule has 5 N–H and O–H groups in total. The smallest absolute Gasteiger partial charge is 0.251 e. The molecular formula is C9H19N5O2. The van der Waals surface area contributed by atoms with Crippen LogP contribution in [0.5, 0.6) is 0 Å². The molecule has 1 aliphatic rings. The zero-order chi connectivity index (χ0) is 12.1. The summed E-state index contributed by atoms with van der Waals surface area (Å²) in [6.45, 7) is 3.30. The van der Waals surface area contributed by atoms with Gasteiger partial charge in [-0.3, -0.25) is 15.0 Å². The Labute approximate surface area is 94.7 Å². The number of nitrogens with two attached hydrogens (primary N) is 2. The summed E-state index contributed by atoms with van der Waals surface area (Å²) in [4.78, 5) is 24.3. The van der Waals surface area contributed by atoms with Crippen LogP contribution in [0.1, 0.15) is 6.42 Å². The number of carbonyl (C=O) groups excluding carboxylic acids is 2. The molecule has 0 bridgehead atoms. The summed E-state index contributed by atoms with van der Waals surface area (Å²) in [5.41, 5.74) is 13.2. The van der Waals surface area contributed by atoms with Gasteiger partial charge in [-0.15, -0.1) is 0 Å². The highest BCUT2D eigenvalue weighted by Gasteiger charge is 2.20. The van der Waals surface area contributed by atoms with Crippen molar-refractivity contribution in [2.24, 2.45) is 11.5 Å². The molecule has 2 amide bonds. The Morgan fingerprint density at radius 1 is 1.31 bits per heavy atom. The van der Waals surface area contributed by atoms with Gasteiger partial charge in [0.05, 0.1) is 12.5 Å². The normalized spacial score (nSPS) is 20.4. The lowest BCUT2D eigenvalue weighted by atomic mass is 10.2. The lowest BCUT2D eigenvalue weighted by Gasteiger charge is -2.32. The number of carbonyl (C=O) groups is 2. The third kappa shape index (κ3) is 4.13. The first-order valence-corrected chi connectivity index (χ1v) is 5.27. The van der Waals surface area contributed by atoms with E-state index in [1.807, 2.05) is 12.1 Å². The largest absolute Gasteiger partial charge is 0.370 e. The van der Waals surface area contributed by atoms with Crippen LogP contribution in [-0.2, 0) is 9.59 Å². The molecule has 7 nitrogen and oxygen atoms in total. The van der Waals surface area contributed by atoms with Gasteiger partial charge in [-0.05, 0) is 7.05 Å². The van der Waals surface area contributed by atoms with Crippen LogP contribution in [0, 0.1) is 0 Å². The van der Waals surface area contributed by atoms with Crippen LogP contribution in [0.2, 0.25) is 0 Å². The number of hydrazine groups is 1. The van der Waals surface area contributed by atoms with E-state index in [0.717, 1.165) is 26.2 Å². The topological polar surface area (TPSA) is 105 Å². The first kappa shape index (κ1) is 12.9. The summed E-state index contributed by atoms with van der Waals surface area (Å²) in [6.07, 6.45) is -0.125. The number of likely N-dealkylation sites (N-methyl/N-ethyl adjacent to an activating group) is 1. The van der Waals surface area contributed by atoms with Crippen molar-refractivity contribution in [3.8, 4) is 0 Å². The molecule has 1 heterocycles. The third-order valence-corrected chi connectivity index (χ3v) is 2.53. The van der Waals surface area contributed by atoms with Crippen LogP contribution in [-0.4, -0.2) is 61.0 Å². The number of primary amides is 1. The first-order chi connectivity index (χ1) is 7.49. The van der Waals surface area contributed by atoms with Gasteiger partial charge in [-0.1, -0.05) is 0 Å². The Bertz CT molecular complexity index is 263. The third-order valence-electron chi connectivity index (χ3n) is 2.53. The van der Waals surface area contributed by atoms with E-state index in [0.29, 0.717) is 0 Å². The molecule has 1 aliphatic heterocycles. The molecule has 0 saturated carbocycles. The van der Waals surface area contributed by atoms with E-state index < -0.39 is 11.9 Å².